The Morgan fingerprint density at radius 3 is 2.73 bits per heavy atom. The fourth-order valence-corrected chi connectivity index (χ4v) is 1.74. The van der Waals surface area contributed by atoms with Gasteiger partial charge in [-0.3, -0.25) is 0 Å². The lowest BCUT2D eigenvalue weighted by molar-refractivity contribution is 0.317. The quantitative estimate of drug-likeness (QED) is 0.779. The van der Waals surface area contributed by atoms with E-state index in [2.05, 4.69) is 20.9 Å². The summed E-state index contributed by atoms with van der Waals surface area (Å²) in [5, 5.41) is 0. The fraction of sp³-hybridized carbons (Fsp3) is 0.571. The van der Waals surface area contributed by atoms with Crippen molar-refractivity contribution in [1.82, 2.24) is 9.55 Å². The molecule has 3 nitrogen and oxygen atoms in total. The smallest absolute Gasteiger partial charge is 0.201 e. The predicted octanol–water partition coefficient (Wildman–Crippen LogP) is 1.95. The molecule has 0 aromatic carbocycles. The van der Waals surface area contributed by atoms with Crippen LogP contribution in [0.3, 0.4) is 0 Å². The Labute approximate surface area is 73.7 Å². The van der Waals surface area contributed by atoms with Crippen LogP contribution in [0.25, 0.3) is 0 Å². The van der Waals surface area contributed by atoms with Crippen molar-refractivity contribution in [1.29, 1.82) is 0 Å². The number of aromatic nitrogens is 2. The molecule has 2 rings (SSSR count). The maximum Gasteiger partial charge on any atom is 0.201 e. The molecule has 0 atom stereocenters. The molecule has 1 aliphatic carbocycles. The molecule has 0 radical (unpaired) electrons. The van der Waals surface area contributed by atoms with Crippen LogP contribution in [0.1, 0.15) is 25.3 Å². The third-order valence-corrected chi connectivity index (χ3v) is 2.58. The lowest BCUT2D eigenvalue weighted by Gasteiger charge is -2.27. The van der Waals surface area contributed by atoms with Gasteiger partial charge in [-0.1, -0.05) is 0 Å². The predicted molar refractivity (Wildman–Crippen MR) is 47.2 cm³/mol. The zero-order chi connectivity index (χ0) is 7.84. The summed E-state index contributed by atoms with van der Waals surface area (Å²) in [6.45, 7) is 0. The van der Waals surface area contributed by atoms with E-state index in [1.165, 1.54) is 19.3 Å². The molecule has 60 valence electrons. The summed E-state index contributed by atoms with van der Waals surface area (Å²) in [6, 6.07) is 0.605. The molecule has 0 amide bonds. The number of nitrogen functional groups attached to an aromatic ring is 1. The van der Waals surface area contributed by atoms with E-state index in [-0.39, 0.29) is 0 Å². The van der Waals surface area contributed by atoms with E-state index in [0.717, 1.165) is 4.60 Å². The van der Waals surface area contributed by atoms with Gasteiger partial charge in [0.25, 0.3) is 0 Å². The summed E-state index contributed by atoms with van der Waals surface area (Å²) in [5.74, 6) is 0.626. The van der Waals surface area contributed by atoms with Gasteiger partial charge < -0.3 is 10.3 Å². The highest BCUT2D eigenvalue weighted by Crippen LogP contribution is 2.33. The molecule has 0 saturated heterocycles. The minimum absolute atomic E-state index is 0.605. The highest BCUT2D eigenvalue weighted by molar-refractivity contribution is 9.10. The summed E-state index contributed by atoms with van der Waals surface area (Å²) in [6.07, 6.45) is 5.76. The van der Waals surface area contributed by atoms with E-state index in [0.29, 0.717) is 12.0 Å². The first-order chi connectivity index (χ1) is 5.27. The zero-order valence-corrected chi connectivity index (χ0v) is 7.71. The molecule has 4 heteroatoms. The summed E-state index contributed by atoms with van der Waals surface area (Å²) in [4.78, 5) is 4.07. The monoisotopic (exact) mass is 215 g/mol. The average molecular weight is 216 g/mol. The topological polar surface area (TPSA) is 43.8 Å². The van der Waals surface area contributed by atoms with E-state index in [1.807, 2.05) is 10.8 Å². The number of nitrogens with two attached hydrogens (primary N) is 1. The van der Waals surface area contributed by atoms with Crippen molar-refractivity contribution in [3.05, 3.63) is 10.8 Å². The van der Waals surface area contributed by atoms with Crippen molar-refractivity contribution in [2.24, 2.45) is 0 Å². The normalized spacial score (nSPS) is 18.3. The largest absolute Gasteiger partial charge is 0.369 e. The maximum atomic E-state index is 5.67. The Morgan fingerprint density at radius 2 is 2.36 bits per heavy atom. The maximum absolute atomic E-state index is 5.67. The Bertz CT molecular complexity index is 265. The molecule has 0 aliphatic heterocycles. The van der Waals surface area contributed by atoms with Crippen LogP contribution in [-0.2, 0) is 0 Å². The van der Waals surface area contributed by atoms with E-state index in [1.54, 1.807) is 0 Å². The Hall–Kier alpha value is -0.510. The third-order valence-electron chi connectivity index (χ3n) is 2.20. The lowest BCUT2D eigenvalue weighted by Crippen LogP contribution is -2.17. The van der Waals surface area contributed by atoms with Gasteiger partial charge >= 0.3 is 0 Å². The Kier molecular flexibility index (Phi) is 1.64. The summed E-state index contributed by atoms with van der Waals surface area (Å²) < 4.78 is 2.88. The molecular weight excluding hydrogens is 206 g/mol. The van der Waals surface area contributed by atoms with Crippen molar-refractivity contribution in [2.75, 3.05) is 5.73 Å². The fourth-order valence-electron chi connectivity index (χ4n) is 1.33. The number of anilines is 1. The molecular formula is C7H10BrN3. The number of rotatable bonds is 1. The van der Waals surface area contributed by atoms with Crippen LogP contribution >= 0.6 is 15.9 Å². The number of hydrogen-bond acceptors (Lipinski definition) is 2. The van der Waals surface area contributed by atoms with Crippen molar-refractivity contribution in [2.45, 2.75) is 25.3 Å². The Balaban J connectivity index is 2.28. The highest BCUT2D eigenvalue weighted by atomic mass is 79.9. The molecule has 0 spiro atoms. The van der Waals surface area contributed by atoms with Crippen LogP contribution in [0.2, 0.25) is 0 Å². The SMILES string of the molecule is Nc1nc(Br)cn1C1CCC1. The number of halogens is 1. The molecule has 1 fully saturated rings. The second-order valence-corrected chi connectivity index (χ2v) is 3.73. The van der Waals surface area contributed by atoms with E-state index in [9.17, 15) is 0 Å². The molecule has 0 bridgehead atoms. The molecule has 11 heavy (non-hydrogen) atoms. The second kappa shape index (κ2) is 2.52. The van der Waals surface area contributed by atoms with Gasteiger partial charge in [0, 0.05) is 12.2 Å². The molecule has 1 aromatic heterocycles. The lowest BCUT2D eigenvalue weighted by atomic mass is 9.93. The standard InChI is InChI=1S/C7H10BrN3/c8-6-4-11(7(9)10-6)5-2-1-3-5/h4-5H,1-3H2,(H2,9,10). The first kappa shape index (κ1) is 7.16. The first-order valence-corrected chi connectivity index (χ1v) is 4.56. The minimum atomic E-state index is 0.605. The van der Waals surface area contributed by atoms with Crippen molar-refractivity contribution < 1.29 is 0 Å². The van der Waals surface area contributed by atoms with Crippen LogP contribution in [0.15, 0.2) is 10.8 Å². The summed E-state index contributed by atoms with van der Waals surface area (Å²) >= 11 is 3.29. The van der Waals surface area contributed by atoms with Crippen molar-refractivity contribution >= 4 is 21.9 Å². The minimum Gasteiger partial charge on any atom is -0.369 e. The van der Waals surface area contributed by atoms with E-state index >= 15 is 0 Å². The van der Waals surface area contributed by atoms with Gasteiger partial charge in [0.2, 0.25) is 5.95 Å². The molecule has 0 unspecified atom stereocenters. The van der Waals surface area contributed by atoms with Crippen LogP contribution in [0.4, 0.5) is 5.95 Å². The van der Waals surface area contributed by atoms with Gasteiger partial charge in [-0.05, 0) is 35.2 Å². The Morgan fingerprint density at radius 1 is 1.64 bits per heavy atom. The third kappa shape index (κ3) is 1.15. The van der Waals surface area contributed by atoms with Gasteiger partial charge in [0.05, 0.1) is 0 Å². The summed E-state index contributed by atoms with van der Waals surface area (Å²) in [7, 11) is 0. The average Bonchev–Trinajstić information content (AvgIpc) is 2.07. The molecule has 1 aliphatic rings. The molecule has 1 heterocycles. The first-order valence-electron chi connectivity index (χ1n) is 3.77. The van der Waals surface area contributed by atoms with Crippen LogP contribution in [0.5, 0.6) is 0 Å². The van der Waals surface area contributed by atoms with Crippen LogP contribution in [0, 0.1) is 0 Å². The highest BCUT2D eigenvalue weighted by Gasteiger charge is 2.21. The van der Waals surface area contributed by atoms with E-state index < -0.39 is 0 Å². The molecule has 1 aromatic rings. The van der Waals surface area contributed by atoms with Crippen molar-refractivity contribution in [3.63, 3.8) is 0 Å². The van der Waals surface area contributed by atoms with Gasteiger partial charge in [-0.15, -0.1) is 0 Å². The molecule has 1 saturated carbocycles. The summed E-state index contributed by atoms with van der Waals surface area (Å²) in [5.41, 5.74) is 5.67. The van der Waals surface area contributed by atoms with Gasteiger partial charge in [-0.2, -0.15) is 0 Å². The van der Waals surface area contributed by atoms with Crippen LogP contribution < -0.4 is 5.73 Å². The van der Waals surface area contributed by atoms with Crippen molar-refractivity contribution in [3.8, 4) is 0 Å². The second-order valence-electron chi connectivity index (χ2n) is 2.91. The number of hydrogen-bond donors (Lipinski definition) is 1. The zero-order valence-electron chi connectivity index (χ0n) is 6.13. The van der Waals surface area contributed by atoms with Crippen LogP contribution in [-0.4, -0.2) is 9.55 Å². The van der Waals surface area contributed by atoms with Gasteiger partial charge in [-0.25, -0.2) is 4.98 Å². The number of nitrogens with zero attached hydrogens (tertiary/aromatic N) is 2. The van der Waals surface area contributed by atoms with Gasteiger partial charge in [0.1, 0.15) is 4.60 Å². The van der Waals surface area contributed by atoms with E-state index in [4.69, 9.17) is 5.73 Å². The number of imidazole rings is 1. The molecule has 2 N–H and O–H groups in total. The van der Waals surface area contributed by atoms with Gasteiger partial charge in [0.15, 0.2) is 0 Å².